The Morgan fingerprint density at radius 3 is 2.60 bits per heavy atom. The molecule has 0 aliphatic carbocycles. The molecule has 0 saturated carbocycles. The molecule has 5 aromatic rings. The van der Waals surface area contributed by atoms with Crippen molar-refractivity contribution in [3.63, 3.8) is 0 Å². The number of nitrogens with zero attached hydrogens (tertiary/aromatic N) is 3. The molecule has 0 bridgehead atoms. The zero-order chi connectivity index (χ0) is 30.1. The molecule has 1 saturated heterocycles. The number of nitrogens with one attached hydrogen (secondary N) is 1. The summed E-state index contributed by atoms with van der Waals surface area (Å²) in [6.45, 7) is 5.69. The van der Waals surface area contributed by atoms with E-state index >= 15 is 0 Å². The van der Waals surface area contributed by atoms with Gasteiger partial charge in [-0.05, 0) is 75.7 Å². The molecule has 3 aromatic carbocycles. The molecule has 3 N–H and O–H groups in total. The van der Waals surface area contributed by atoms with Crippen LogP contribution >= 0.6 is 24.2 Å². The molecule has 1 fully saturated rings. The highest BCUT2D eigenvalue weighted by atomic mass is 35.5. The van der Waals surface area contributed by atoms with E-state index in [1.807, 2.05) is 79.2 Å². The minimum atomic E-state index is -0.613. The number of imidazole rings is 1. The number of piperidine rings is 1. The summed E-state index contributed by atoms with van der Waals surface area (Å²) in [5.74, 6) is 0.412. The van der Waals surface area contributed by atoms with E-state index < -0.39 is 12.0 Å². The summed E-state index contributed by atoms with van der Waals surface area (Å²) < 4.78 is 14.5. The Balaban J connectivity index is 1.32. The fourth-order valence-electron chi connectivity index (χ4n) is 5.33. The number of aromatic nitrogens is 3. The van der Waals surface area contributed by atoms with Gasteiger partial charge in [0.05, 0.1) is 32.2 Å². The number of thiol groups is 1. The first-order valence-electron chi connectivity index (χ1n) is 14.2. The second-order valence-corrected chi connectivity index (χ2v) is 11.5. The lowest BCUT2D eigenvalue weighted by atomic mass is 10.1. The zero-order valence-electron chi connectivity index (χ0n) is 23.9. The van der Waals surface area contributed by atoms with E-state index in [1.54, 1.807) is 12.4 Å². The van der Waals surface area contributed by atoms with Gasteiger partial charge < -0.3 is 20.5 Å². The van der Waals surface area contributed by atoms with Crippen LogP contribution in [0.25, 0.3) is 27.8 Å². The van der Waals surface area contributed by atoms with Crippen LogP contribution in [-0.4, -0.2) is 39.6 Å². The Labute approximate surface area is 260 Å². The highest BCUT2D eigenvalue weighted by molar-refractivity contribution is 7.80. The van der Waals surface area contributed by atoms with Gasteiger partial charge in [0.15, 0.2) is 0 Å². The number of nitrogens with two attached hydrogens (primary N) is 1. The summed E-state index contributed by atoms with van der Waals surface area (Å²) in [5, 5.41) is 3.84. The van der Waals surface area contributed by atoms with E-state index in [0.717, 1.165) is 59.3 Å². The SMILES string of the molecule is Cc1ccc(-c2ccc3c(c2)ncn3-c2cc(O[C@H](C)c3cccc(OC4CCNCC4)c3Cl)c(S)c(C(N)=O)c2)cn1. The van der Waals surface area contributed by atoms with Gasteiger partial charge in [0.25, 0.3) is 0 Å². The largest absolute Gasteiger partial charge is 0.489 e. The average molecular weight is 614 g/mol. The van der Waals surface area contributed by atoms with Crippen molar-refractivity contribution >= 4 is 41.2 Å². The highest BCUT2D eigenvalue weighted by Gasteiger charge is 2.22. The van der Waals surface area contributed by atoms with Gasteiger partial charge in [0, 0.05) is 29.1 Å². The summed E-state index contributed by atoms with van der Waals surface area (Å²) >= 11 is 11.5. The van der Waals surface area contributed by atoms with Gasteiger partial charge >= 0.3 is 0 Å². The predicted octanol–water partition coefficient (Wildman–Crippen LogP) is 6.71. The number of primary amides is 1. The Morgan fingerprint density at radius 1 is 1.07 bits per heavy atom. The molecular formula is C33H32ClN5O3S. The van der Waals surface area contributed by atoms with Crippen molar-refractivity contribution in [3.8, 4) is 28.3 Å². The fourth-order valence-corrected chi connectivity index (χ4v) is 5.94. The van der Waals surface area contributed by atoms with Gasteiger partial charge in [-0.15, -0.1) is 12.6 Å². The summed E-state index contributed by atoms with van der Waals surface area (Å²) in [6, 6.07) is 19.3. The first-order valence-corrected chi connectivity index (χ1v) is 15.0. The van der Waals surface area contributed by atoms with E-state index in [2.05, 4.69) is 27.9 Å². The Hall–Kier alpha value is -4.05. The van der Waals surface area contributed by atoms with Crippen molar-refractivity contribution in [2.45, 2.75) is 43.8 Å². The zero-order valence-corrected chi connectivity index (χ0v) is 25.5. The second-order valence-electron chi connectivity index (χ2n) is 10.7. The lowest BCUT2D eigenvalue weighted by molar-refractivity contribution is 0.0996. The summed E-state index contributed by atoms with van der Waals surface area (Å²) in [4.78, 5) is 21.9. The number of pyridine rings is 1. The number of amides is 1. The number of hydrogen-bond donors (Lipinski definition) is 3. The van der Waals surface area contributed by atoms with Crippen LogP contribution in [-0.2, 0) is 0 Å². The molecule has 0 unspecified atom stereocenters. The molecule has 10 heteroatoms. The number of fused-ring (bicyclic) bond motifs is 1. The van der Waals surface area contributed by atoms with E-state index in [-0.39, 0.29) is 11.7 Å². The summed E-state index contributed by atoms with van der Waals surface area (Å²) in [6.07, 6.45) is 5.04. The third-order valence-electron chi connectivity index (χ3n) is 7.71. The third-order valence-corrected chi connectivity index (χ3v) is 8.58. The van der Waals surface area contributed by atoms with Crippen LogP contribution in [0.5, 0.6) is 11.5 Å². The number of ether oxygens (including phenoxy) is 2. The number of benzene rings is 3. The molecule has 1 atom stereocenters. The van der Waals surface area contributed by atoms with Crippen LogP contribution in [0.15, 0.2) is 78.1 Å². The molecular weight excluding hydrogens is 582 g/mol. The van der Waals surface area contributed by atoms with Gasteiger partial charge in [-0.1, -0.05) is 35.9 Å². The van der Waals surface area contributed by atoms with Crippen molar-refractivity contribution < 1.29 is 14.3 Å². The first-order chi connectivity index (χ1) is 20.8. The number of rotatable bonds is 8. The molecule has 1 amide bonds. The van der Waals surface area contributed by atoms with E-state index in [1.165, 1.54) is 0 Å². The number of hydrogen-bond acceptors (Lipinski definition) is 7. The molecule has 3 heterocycles. The fraction of sp³-hybridized carbons (Fsp3) is 0.242. The molecule has 1 aliphatic heterocycles. The highest BCUT2D eigenvalue weighted by Crippen LogP contribution is 2.38. The lowest BCUT2D eigenvalue weighted by Gasteiger charge is -2.25. The molecule has 1 aliphatic rings. The molecule has 43 heavy (non-hydrogen) atoms. The van der Waals surface area contributed by atoms with Crippen LogP contribution in [0.3, 0.4) is 0 Å². The second kappa shape index (κ2) is 12.3. The standard InChI is InChI=1S/C33H32ClN5O3S/c1-19-6-7-22(17-37-19)21-8-9-28-27(14-21)38-18-39(28)23-15-26(33(35)40)32(43)30(16-23)41-20(2)25-4-3-5-29(31(25)34)42-24-10-12-36-13-11-24/h3-9,14-18,20,24,36,43H,10-13H2,1-2H3,(H2,35,40)/t20-/m1/s1. The van der Waals surface area contributed by atoms with Crippen LogP contribution in [0.4, 0.5) is 0 Å². The number of carbonyl (C=O) groups excluding carboxylic acids is 1. The van der Waals surface area contributed by atoms with Crippen molar-refractivity contribution in [3.05, 3.63) is 95.0 Å². The summed E-state index contributed by atoms with van der Waals surface area (Å²) in [7, 11) is 0. The summed E-state index contributed by atoms with van der Waals surface area (Å²) in [5.41, 5.74) is 12.1. The minimum absolute atomic E-state index is 0.110. The quantitative estimate of drug-likeness (QED) is 0.168. The third kappa shape index (κ3) is 6.06. The molecule has 2 aromatic heterocycles. The Bertz CT molecular complexity index is 1800. The monoisotopic (exact) mass is 613 g/mol. The topological polar surface area (TPSA) is 104 Å². The Kier molecular flexibility index (Phi) is 8.30. The van der Waals surface area contributed by atoms with Crippen LogP contribution in [0.1, 0.15) is 47.5 Å². The van der Waals surface area contributed by atoms with E-state index in [4.69, 9.17) is 26.8 Å². The molecule has 6 rings (SSSR count). The van der Waals surface area contributed by atoms with Gasteiger partial charge in [0.1, 0.15) is 30.0 Å². The predicted molar refractivity (Wildman–Crippen MR) is 172 cm³/mol. The minimum Gasteiger partial charge on any atom is -0.489 e. The molecule has 0 radical (unpaired) electrons. The normalized spacial score (nSPS) is 14.5. The van der Waals surface area contributed by atoms with Crippen molar-refractivity contribution in [1.29, 1.82) is 0 Å². The van der Waals surface area contributed by atoms with E-state index in [0.29, 0.717) is 27.1 Å². The van der Waals surface area contributed by atoms with Gasteiger partial charge in [0.2, 0.25) is 5.91 Å². The first kappa shape index (κ1) is 29.0. The van der Waals surface area contributed by atoms with Crippen molar-refractivity contribution in [2.75, 3.05) is 13.1 Å². The van der Waals surface area contributed by atoms with Crippen molar-refractivity contribution in [1.82, 2.24) is 19.9 Å². The molecule has 8 nitrogen and oxygen atoms in total. The van der Waals surface area contributed by atoms with Gasteiger partial charge in [-0.25, -0.2) is 4.98 Å². The van der Waals surface area contributed by atoms with E-state index in [9.17, 15) is 4.79 Å². The Morgan fingerprint density at radius 2 is 1.86 bits per heavy atom. The number of halogens is 1. The van der Waals surface area contributed by atoms with Crippen LogP contribution in [0, 0.1) is 6.92 Å². The van der Waals surface area contributed by atoms with Crippen LogP contribution < -0.4 is 20.5 Å². The van der Waals surface area contributed by atoms with Gasteiger partial charge in [-0.2, -0.15) is 0 Å². The number of aryl methyl sites for hydroxylation is 1. The smallest absolute Gasteiger partial charge is 0.250 e. The molecule has 220 valence electrons. The average Bonchev–Trinajstić information content (AvgIpc) is 3.43. The lowest BCUT2D eigenvalue weighted by Crippen LogP contribution is -2.34. The maximum atomic E-state index is 12.5. The van der Waals surface area contributed by atoms with Crippen molar-refractivity contribution in [2.24, 2.45) is 5.73 Å². The van der Waals surface area contributed by atoms with Crippen LogP contribution in [0.2, 0.25) is 5.02 Å². The maximum absolute atomic E-state index is 12.5. The molecule has 0 spiro atoms. The number of carbonyl (C=O) groups is 1. The maximum Gasteiger partial charge on any atom is 0.250 e. The van der Waals surface area contributed by atoms with Gasteiger partial charge in [-0.3, -0.25) is 14.3 Å².